The topological polar surface area (TPSA) is 120 Å². The Morgan fingerprint density at radius 3 is 2.35 bits per heavy atom. The van der Waals surface area contributed by atoms with Gasteiger partial charge in [0.1, 0.15) is 11.5 Å². The molecule has 0 saturated carbocycles. The van der Waals surface area contributed by atoms with E-state index in [1.54, 1.807) is 56.5 Å². The Hall–Kier alpha value is -4.05. The first-order valence-corrected chi connectivity index (χ1v) is 11.0. The van der Waals surface area contributed by atoms with Crippen molar-refractivity contribution in [2.45, 2.75) is 17.1 Å². The molecule has 0 saturated heterocycles. The third kappa shape index (κ3) is 6.26. The molecule has 3 aromatic rings. The maximum absolute atomic E-state index is 12.7. The van der Waals surface area contributed by atoms with Gasteiger partial charge in [-0.3, -0.25) is 19.7 Å². The fourth-order valence-electron chi connectivity index (χ4n) is 2.98. The number of nitrogens with zero attached hydrogens (tertiary/aromatic N) is 1. The molecule has 176 valence electrons. The zero-order valence-electron chi connectivity index (χ0n) is 18.7. The van der Waals surface area contributed by atoms with Crippen molar-refractivity contribution in [2.24, 2.45) is 0 Å². The second-order valence-electron chi connectivity index (χ2n) is 7.10. The van der Waals surface area contributed by atoms with Crippen LogP contribution in [-0.2, 0) is 4.79 Å². The number of nitro groups is 1. The molecule has 2 N–H and O–H groups in total. The number of carbonyl (C=O) groups excluding carboxylic acids is 2. The molecule has 0 heterocycles. The molecular formula is C24H23N3O6S. The summed E-state index contributed by atoms with van der Waals surface area (Å²) in [4.78, 5) is 36.3. The minimum atomic E-state index is -0.551. The van der Waals surface area contributed by atoms with Gasteiger partial charge >= 0.3 is 0 Å². The summed E-state index contributed by atoms with van der Waals surface area (Å²) in [5.74, 6) is 0.457. The highest BCUT2D eigenvalue weighted by Crippen LogP contribution is 2.31. The van der Waals surface area contributed by atoms with E-state index in [0.717, 1.165) is 4.90 Å². The van der Waals surface area contributed by atoms with E-state index in [4.69, 9.17) is 9.47 Å². The molecule has 10 heteroatoms. The van der Waals surface area contributed by atoms with Gasteiger partial charge in [-0.1, -0.05) is 6.07 Å². The number of rotatable bonds is 9. The molecule has 0 radical (unpaired) electrons. The van der Waals surface area contributed by atoms with Gasteiger partial charge in [-0.15, -0.1) is 11.8 Å². The minimum absolute atomic E-state index is 0.154. The Morgan fingerprint density at radius 2 is 1.71 bits per heavy atom. The van der Waals surface area contributed by atoms with Crippen molar-refractivity contribution >= 4 is 40.6 Å². The molecule has 0 aliphatic carbocycles. The minimum Gasteiger partial charge on any atom is -0.497 e. The molecular weight excluding hydrogens is 458 g/mol. The first-order valence-electron chi connectivity index (χ1n) is 10.2. The number of benzene rings is 3. The van der Waals surface area contributed by atoms with Crippen LogP contribution in [0.2, 0.25) is 0 Å². The number of methoxy groups -OCH3 is 2. The molecule has 1 unspecified atom stereocenters. The molecule has 0 spiro atoms. The highest BCUT2D eigenvalue weighted by molar-refractivity contribution is 8.00. The monoisotopic (exact) mass is 481 g/mol. The molecule has 9 nitrogen and oxygen atoms in total. The predicted octanol–water partition coefficient (Wildman–Crippen LogP) is 4.98. The van der Waals surface area contributed by atoms with Crippen LogP contribution in [0.4, 0.5) is 17.1 Å². The fourth-order valence-corrected chi connectivity index (χ4v) is 3.85. The van der Waals surface area contributed by atoms with Gasteiger partial charge in [0, 0.05) is 34.3 Å². The van der Waals surface area contributed by atoms with Crippen LogP contribution in [0.1, 0.15) is 17.3 Å². The van der Waals surface area contributed by atoms with Crippen molar-refractivity contribution in [1.29, 1.82) is 0 Å². The number of nitro benzene ring substituents is 1. The molecule has 0 fully saturated rings. The second kappa shape index (κ2) is 11.2. The van der Waals surface area contributed by atoms with Crippen molar-refractivity contribution in [3.05, 3.63) is 82.4 Å². The predicted molar refractivity (Wildman–Crippen MR) is 131 cm³/mol. The molecule has 0 aromatic heterocycles. The third-order valence-electron chi connectivity index (χ3n) is 4.78. The average Bonchev–Trinajstić information content (AvgIpc) is 2.85. The quantitative estimate of drug-likeness (QED) is 0.251. The van der Waals surface area contributed by atoms with Gasteiger partial charge in [0.15, 0.2) is 0 Å². The van der Waals surface area contributed by atoms with Gasteiger partial charge in [0.05, 0.1) is 30.1 Å². The summed E-state index contributed by atoms with van der Waals surface area (Å²) >= 11 is 1.35. The van der Waals surface area contributed by atoms with E-state index in [2.05, 4.69) is 10.6 Å². The Labute approximate surface area is 200 Å². The molecule has 3 aromatic carbocycles. The highest BCUT2D eigenvalue weighted by atomic mass is 32.2. The molecule has 3 rings (SSSR count). The number of hydrogen-bond donors (Lipinski definition) is 2. The van der Waals surface area contributed by atoms with E-state index in [1.165, 1.54) is 43.1 Å². The van der Waals surface area contributed by atoms with Crippen LogP contribution in [0.3, 0.4) is 0 Å². The second-order valence-corrected chi connectivity index (χ2v) is 8.52. The summed E-state index contributed by atoms with van der Waals surface area (Å²) in [6.07, 6.45) is 0. The fraction of sp³-hybridized carbons (Fsp3) is 0.167. The lowest BCUT2D eigenvalue weighted by Gasteiger charge is -2.15. The standard InChI is InChI=1S/C24H23N3O6S/c1-15(23(28)26-21-14-19(32-2)9-12-22(21)33-3)34-20-10-7-17(8-11-20)25-24(29)16-5-4-6-18(13-16)27(30)31/h4-15H,1-3H3,(H,25,29)(H,26,28). The molecule has 2 amide bonds. The normalized spacial score (nSPS) is 11.3. The summed E-state index contributed by atoms with van der Waals surface area (Å²) in [5.41, 5.74) is 1.07. The Kier molecular flexibility index (Phi) is 8.10. The number of nitrogens with one attached hydrogen (secondary N) is 2. The van der Waals surface area contributed by atoms with Gasteiger partial charge < -0.3 is 20.1 Å². The highest BCUT2D eigenvalue weighted by Gasteiger charge is 2.17. The number of non-ortho nitro benzene ring substituents is 1. The number of hydrogen-bond acceptors (Lipinski definition) is 7. The first kappa shape index (κ1) is 24.6. The summed E-state index contributed by atoms with van der Waals surface area (Å²) < 4.78 is 10.5. The van der Waals surface area contributed by atoms with Crippen molar-refractivity contribution in [3.8, 4) is 11.5 Å². The van der Waals surface area contributed by atoms with Gasteiger partial charge in [-0.25, -0.2) is 0 Å². The maximum atomic E-state index is 12.7. The average molecular weight is 482 g/mol. The van der Waals surface area contributed by atoms with Crippen LogP contribution >= 0.6 is 11.8 Å². The van der Waals surface area contributed by atoms with E-state index in [9.17, 15) is 19.7 Å². The van der Waals surface area contributed by atoms with Crippen LogP contribution in [0.15, 0.2) is 71.6 Å². The van der Waals surface area contributed by atoms with Gasteiger partial charge in [0.2, 0.25) is 5.91 Å². The van der Waals surface area contributed by atoms with Crippen LogP contribution in [0.5, 0.6) is 11.5 Å². The zero-order valence-corrected chi connectivity index (χ0v) is 19.5. The van der Waals surface area contributed by atoms with Crippen molar-refractivity contribution < 1.29 is 24.0 Å². The summed E-state index contributed by atoms with van der Waals surface area (Å²) in [5, 5.41) is 16.0. The molecule has 0 bridgehead atoms. The maximum Gasteiger partial charge on any atom is 0.270 e. The van der Waals surface area contributed by atoms with E-state index < -0.39 is 16.1 Å². The Balaban J connectivity index is 1.61. The largest absolute Gasteiger partial charge is 0.497 e. The number of ether oxygens (including phenoxy) is 2. The summed E-state index contributed by atoms with van der Waals surface area (Å²) in [6.45, 7) is 1.78. The summed E-state index contributed by atoms with van der Waals surface area (Å²) in [7, 11) is 3.07. The molecule has 0 aliphatic rings. The molecule has 34 heavy (non-hydrogen) atoms. The van der Waals surface area contributed by atoms with Crippen LogP contribution in [0, 0.1) is 10.1 Å². The first-order chi connectivity index (χ1) is 16.3. The van der Waals surface area contributed by atoms with Gasteiger partial charge in [0.25, 0.3) is 11.6 Å². The Morgan fingerprint density at radius 1 is 0.971 bits per heavy atom. The van der Waals surface area contributed by atoms with Crippen molar-refractivity contribution in [2.75, 3.05) is 24.9 Å². The van der Waals surface area contributed by atoms with E-state index in [1.807, 2.05) is 0 Å². The summed E-state index contributed by atoms with van der Waals surface area (Å²) in [6, 6.07) is 17.6. The van der Waals surface area contributed by atoms with E-state index >= 15 is 0 Å². The van der Waals surface area contributed by atoms with Gasteiger partial charge in [-0.05, 0) is 49.4 Å². The van der Waals surface area contributed by atoms with Crippen molar-refractivity contribution in [3.63, 3.8) is 0 Å². The van der Waals surface area contributed by atoms with Crippen LogP contribution < -0.4 is 20.1 Å². The number of amides is 2. The van der Waals surface area contributed by atoms with Crippen LogP contribution in [-0.4, -0.2) is 36.2 Å². The van der Waals surface area contributed by atoms with Crippen LogP contribution in [0.25, 0.3) is 0 Å². The van der Waals surface area contributed by atoms with E-state index in [0.29, 0.717) is 22.9 Å². The number of anilines is 2. The number of carbonyl (C=O) groups is 2. The SMILES string of the molecule is COc1ccc(OC)c(NC(=O)C(C)Sc2ccc(NC(=O)c3cccc([N+](=O)[O-])c3)cc2)c1. The molecule has 0 aliphatic heterocycles. The lowest BCUT2D eigenvalue weighted by atomic mass is 10.2. The lowest BCUT2D eigenvalue weighted by molar-refractivity contribution is -0.384. The third-order valence-corrected chi connectivity index (χ3v) is 5.89. The zero-order chi connectivity index (χ0) is 24.7. The lowest BCUT2D eigenvalue weighted by Crippen LogP contribution is -2.22. The number of thioether (sulfide) groups is 1. The molecule has 1 atom stereocenters. The smallest absolute Gasteiger partial charge is 0.270 e. The van der Waals surface area contributed by atoms with Gasteiger partial charge in [-0.2, -0.15) is 0 Å². The Bertz CT molecular complexity index is 1200. The van der Waals surface area contributed by atoms with E-state index in [-0.39, 0.29) is 17.2 Å². The van der Waals surface area contributed by atoms with Crippen molar-refractivity contribution in [1.82, 2.24) is 0 Å².